The molecule has 0 amide bonds. The summed E-state index contributed by atoms with van der Waals surface area (Å²) in [6.07, 6.45) is 5.69. The van der Waals surface area contributed by atoms with Gasteiger partial charge in [0.05, 0.1) is 0 Å². The number of aryl methyl sites for hydroxylation is 1. The molecule has 0 N–H and O–H groups in total. The lowest BCUT2D eigenvalue weighted by molar-refractivity contribution is 0.174. The maximum absolute atomic E-state index is 5.37. The van der Waals surface area contributed by atoms with Crippen LogP contribution in [0.5, 0.6) is 11.5 Å². The molecule has 1 aromatic carbocycles. The van der Waals surface area contributed by atoms with Gasteiger partial charge in [-0.05, 0) is 24.6 Å². The topological polar surface area (TPSA) is 75.2 Å². The van der Waals surface area contributed by atoms with Crippen molar-refractivity contribution in [3.8, 4) is 22.9 Å². The van der Waals surface area contributed by atoms with Crippen LogP contribution < -0.4 is 9.47 Å². The molecule has 1 aliphatic heterocycles. The van der Waals surface area contributed by atoms with Crippen LogP contribution in [0.4, 0.5) is 0 Å². The molecule has 3 heterocycles. The summed E-state index contributed by atoms with van der Waals surface area (Å²) in [7, 11) is 0. The lowest BCUT2D eigenvalue weighted by Gasteiger charge is -2.02. The van der Waals surface area contributed by atoms with Crippen molar-refractivity contribution in [2.75, 3.05) is 6.79 Å². The molecular weight excluding hydrogens is 296 g/mol. The lowest BCUT2D eigenvalue weighted by Crippen LogP contribution is -2.04. The number of hydrogen-bond donors (Lipinski definition) is 0. The highest BCUT2D eigenvalue weighted by Crippen LogP contribution is 2.35. The Hall–Kier alpha value is -2.83. The zero-order chi connectivity index (χ0) is 15.6. The molecule has 23 heavy (non-hydrogen) atoms. The van der Waals surface area contributed by atoms with Crippen LogP contribution >= 0.6 is 0 Å². The molecule has 0 saturated carbocycles. The van der Waals surface area contributed by atoms with Gasteiger partial charge in [0.2, 0.25) is 18.5 Å². The Kier molecular flexibility index (Phi) is 3.45. The third kappa shape index (κ3) is 2.65. The van der Waals surface area contributed by atoms with Gasteiger partial charge in [0.25, 0.3) is 0 Å². The number of ether oxygens (including phenoxy) is 2. The van der Waals surface area contributed by atoms with Gasteiger partial charge in [-0.3, -0.25) is 0 Å². The van der Waals surface area contributed by atoms with Crippen LogP contribution in [0.2, 0.25) is 0 Å². The van der Waals surface area contributed by atoms with Gasteiger partial charge >= 0.3 is 0 Å². The van der Waals surface area contributed by atoms with E-state index in [1.807, 2.05) is 29.0 Å². The molecule has 0 bridgehead atoms. The predicted molar refractivity (Wildman–Crippen MR) is 81.2 cm³/mol. The van der Waals surface area contributed by atoms with E-state index >= 15 is 0 Å². The normalized spacial score (nSPS) is 12.7. The molecule has 0 spiro atoms. The van der Waals surface area contributed by atoms with Crippen LogP contribution in [0.15, 0.2) is 35.1 Å². The van der Waals surface area contributed by atoms with E-state index in [2.05, 4.69) is 22.0 Å². The number of imidazole rings is 1. The largest absolute Gasteiger partial charge is 0.454 e. The lowest BCUT2D eigenvalue weighted by atomic mass is 10.2. The summed E-state index contributed by atoms with van der Waals surface area (Å²) in [4.78, 5) is 8.81. The first-order valence-corrected chi connectivity index (χ1v) is 7.56. The Morgan fingerprint density at radius 2 is 2.13 bits per heavy atom. The van der Waals surface area contributed by atoms with Gasteiger partial charge in [0.1, 0.15) is 12.4 Å². The van der Waals surface area contributed by atoms with Crippen molar-refractivity contribution in [2.24, 2.45) is 0 Å². The first-order chi connectivity index (χ1) is 11.3. The highest BCUT2D eigenvalue weighted by molar-refractivity contribution is 5.61. The van der Waals surface area contributed by atoms with E-state index in [1.54, 1.807) is 6.20 Å². The van der Waals surface area contributed by atoms with Gasteiger partial charge in [-0.15, -0.1) is 0 Å². The third-order valence-electron chi connectivity index (χ3n) is 3.68. The van der Waals surface area contributed by atoms with Crippen molar-refractivity contribution in [2.45, 2.75) is 26.3 Å². The highest BCUT2D eigenvalue weighted by atomic mass is 16.7. The Morgan fingerprint density at radius 3 is 3.04 bits per heavy atom. The molecule has 0 fully saturated rings. The first kappa shape index (κ1) is 13.8. The molecule has 4 rings (SSSR count). The van der Waals surface area contributed by atoms with Gasteiger partial charge in [-0.25, -0.2) is 4.98 Å². The second-order valence-corrected chi connectivity index (χ2v) is 5.30. The molecule has 7 nitrogen and oxygen atoms in total. The summed E-state index contributed by atoms with van der Waals surface area (Å²) < 4.78 is 18.1. The molecule has 0 radical (unpaired) electrons. The fourth-order valence-corrected chi connectivity index (χ4v) is 2.55. The van der Waals surface area contributed by atoms with Crippen molar-refractivity contribution < 1.29 is 14.0 Å². The molecule has 118 valence electrons. The van der Waals surface area contributed by atoms with Crippen LogP contribution in [-0.4, -0.2) is 26.5 Å². The van der Waals surface area contributed by atoms with Gasteiger partial charge in [0, 0.05) is 24.4 Å². The second-order valence-electron chi connectivity index (χ2n) is 5.30. The van der Waals surface area contributed by atoms with E-state index in [0.717, 1.165) is 30.0 Å². The molecule has 2 aromatic heterocycles. The summed E-state index contributed by atoms with van der Waals surface area (Å²) in [5.74, 6) is 3.55. The van der Waals surface area contributed by atoms with Crippen molar-refractivity contribution in [1.29, 1.82) is 0 Å². The van der Waals surface area contributed by atoms with Crippen molar-refractivity contribution in [3.63, 3.8) is 0 Å². The van der Waals surface area contributed by atoms with Crippen LogP contribution in [0.1, 0.15) is 25.1 Å². The van der Waals surface area contributed by atoms with Gasteiger partial charge in [-0.1, -0.05) is 12.1 Å². The molecule has 0 atom stereocenters. The minimum atomic E-state index is 0.247. The number of aromatic nitrogens is 4. The van der Waals surface area contributed by atoms with Crippen LogP contribution in [0.25, 0.3) is 11.4 Å². The monoisotopic (exact) mass is 312 g/mol. The fraction of sp³-hybridized carbons (Fsp3) is 0.312. The van der Waals surface area contributed by atoms with E-state index in [-0.39, 0.29) is 6.79 Å². The third-order valence-corrected chi connectivity index (χ3v) is 3.68. The van der Waals surface area contributed by atoms with E-state index < -0.39 is 0 Å². The summed E-state index contributed by atoms with van der Waals surface area (Å²) >= 11 is 0. The average Bonchev–Trinajstić information content (AvgIpc) is 3.28. The fourth-order valence-electron chi connectivity index (χ4n) is 2.55. The quantitative estimate of drug-likeness (QED) is 0.721. The SMILES string of the molecule is CCCc1nccn1Cc1nc(-c2ccc3c(c2)OCO3)no1. The smallest absolute Gasteiger partial charge is 0.246 e. The van der Waals surface area contributed by atoms with E-state index in [4.69, 9.17) is 14.0 Å². The summed E-state index contributed by atoms with van der Waals surface area (Å²) in [6.45, 7) is 2.90. The minimum Gasteiger partial charge on any atom is -0.454 e. The van der Waals surface area contributed by atoms with Crippen LogP contribution in [0, 0.1) is 0 Å². The zero-order valence-corrected chi connectivity index (χ0v) is 12.7. The maximum Gasteiger partial charge on any atom is 0.246 e. The molecule has 0 aliphatic carbocycles. The highest BCUT2D eigenvalue weighted by Gasteiger charge is 2.17. The number of fused-ring (bicyclic) bond motifs is 1. The predicted octanol–water partition coefficient (Wildman–Crippen LogP) is 2.66. The molecule has 3 aromatic rings. The Morgan fingerprint density at radius 1 is 1.22 bits per heavy atom. The zero-order valence-electron chi connectivity index (χ0n) is 12.7. The summed E-state index contributed by atoms with van der Waals surface area (Å²) in [5, 5.41) is 4.05. The van der Waals surface area contributed by atoms with Crippen molar-refractivity contribution >= 4 is 0 Å². The Labute approximate surface area is 132 Å². The summed E-state index contributed by atoms with van der Waals surface area (Å²) in [6, 6.07) is 5.60. The number of hydrogen-bond acceptors (Lipinski definition) is 6. The molecular formula is C16H16N4O3. The minimum absolute atomic E-state index is 0.247. The van der Waals surface area contributed by atoms with E-state index in [1.165, 1.54) is 0 Å². The van der Waals surface area contributed by atoms with Gasteiger partial charge in [-0.2, -0.15) is 4.98 Å². The van der Waals surface area contributed by atoms with Crippen molar-refractivity contribution in [1.82, 2.24) is 19.7 Å². The van der Waals surface area contributed by atoms with Crippen LogP contribution in [0.3, 0.4) is 0 Å². The standard InChI is InChI=1S/C16H16N4O3/c1-2-3-14-17-6-7-20(14)9-15-18-16(19-23-15)11-4-5-12-13(8-11)22-10-21-12/h4-8H,2-3,9-10H2,1H3. The maximum atomic E-state index is 5.37. The van der Waals surface area contributed by atoms with Gasteiger partial charge in [0.15, 0.2) is 11.5 Å². The van der Waals surface area contributed by atoms with Crippen LogP contribution in [-0.2, 0) is 13.0 Å². The van der Waals surface area contributed by atoms with E-state index in [0.29, 0.717) is 24.0 Å². The summed E-state index contributed by atoms with van der Waals surface area (Å²) in [5.41, 5.74) is 0.837. The molecule has 0 saturated heterocycles. The number of nitrogens with zero attached hydrogens (tertiary/aromatic N) is 4. The first-order valence-electron chi connectivity index (χ1n) is 7.56. The molecule has 1 aliphatic rings. The Bertz CT molecular complexity index is 824. The molecule has 7 heteroatoms. The Balaban J connectivity index is 1.56. The average molecular weight is 312 g/mol. The van der Waals surface area contributed by atoms with Crippen molar-refractivity contribution in [3.05, 3.63) is 42.3 Å². The van der Waals surface area contributed by atoms with E-state index in [9.17, 15) is 0 Å². The van der Waals surface area contributed by atoms with Gasteiger partial charge < -0.3 is 18.6 Å². The number of benzene rings is 1. The molecule has 0 unspecified atom stereocenters. The number of rotatable bonds is 5. The second kappa shape index (κ2) is 5.75.